The number of carbonyl (C=O) groups excluding carboxylic acids is 2. The number of ether oxygens (including phenoxy) is 1. The number of carbonyl (C=O) groups is 2. The SMILES string of the molecule is CN(C)CCOC(=O)N1CCC(C(=O)N(N)c2cccc(-c3cccs3)c2)CC1. The van der Waals surface area contributed by atoms with Crippen LogP contribution in [0.25, 0.3) is 10.4 Å². The van der Waals surface area contributed by atoms with Gasteiger partial charge in [0.25, 0.3) is 0 Å². The van der Waals surface area contributed by atoms with Gasteiger partial charge in [0.15, 0.2) is 0 Å². The van der Waals surface area contributed by atoms with Crippen molar-refractivity contribution in [2.45, 2.75) is 12.8 Å². The zero-order valence-corrected chi connectivity index (χ0v) is 17.7. The van der Waals surface area contributed by atoms with Gasteiger partial charge < -0.3 is 14.5 Å². The molecule has 0 aliphatic carbocycles. The number of nitrogens with two attached hydrogens (primary N) is 1. The predicted molar refractivity (Wildman–Crippen MR) is 116 cm³/mol. The second-order valence-corrected chi connectivity index (χ2v) is 8.36. The van der Waals surface area contributed by atoms with E-state index < -0.39 is 0 Å². The molecule has 1 aromatic carbocycles. The summed E-state index contributed by atoms with van der Waals surface area (Å²) < 4.78 is 5.28. The molecule has 0 unspecified atom stereocenters. The first-order valence-corrected chi connectivity index (χ1v) is 10.6. The quantitative estimate of drug-likeness (QED) is 0.445. The average Bonchev–Trinajstić information content (AvgIpc) is 3.27. The third kappa shape index (κ3) is 5.56. The molecule has 0 atom stereocenters. The lowest BCUT2D eigenvalue weighted by Gasteiger charge is -2.32. The van der Waals surface area contributed by atoms with Crippen LogP contribution >= 0.6 is 11.3 Å². The summed E-state index contributed by atoms with van der Waals surface area (Å²) in [5.41, 5.74) is 1.71. The molecule has 1 aromatic heterocycles. The molecule has 0 radical (unpaired) electrons. The van der Waals surface area contributed by atoms with Crippen LogP contribution in [0.5, 0.6) is 0 Å². The summed E-state index contributed by atoms with van der Waals surface area (Å²) in [7, 11) is 3.86. The number of hydrogen-bond donors (Lipinski definition) is 1. The second kappa shape index (κ2) is 9.87. The highest BCUT2D eigenvalue weighted by Gasteiger charge is 2.30. The minimum absolute atomic E-state index is 0.117. The number of hydrazine groups is 1. The highest BCUT2D eigenvalue weighted by Crippen LogP contribution is 2.29. The molecular formula is C21H28N4O3S. The molecule has 1 saturated heterocycles. The van der Waals surface area contributed by atoms with E-state index in [1.54, 1.807) is 16.2 Å². The molecule has 8 heteroatoms. The monoisotopic (exact) mass is 416 g/mol. The van der Waals surface area contributed by atoms with E-state index in [-0.39, 0.29) is 17.9 Å². The lowest BCUT2D eigenvalue weighted by atomic mass is 9.95. The Morgan fingerprint density at radius 1 is 1.21 bits per heavy atom. The number of likely N-dealkylation sites (tertiary alicyclic amines) is 1. The van der Waals surface area contributed by atoms with Crippen molar-refractivity contribution in [3.05, 3.63) is 41.8 Å². The molecule has 1 aliphatic heterocycles. The topological polar surface area (TPSA) is 79.1 Å². The van der Waals surface area contributed by atoms with Gasteiger partial charge in [-0.15, -0.1) is 11.3 Å². The van der Waals surface area contributed by atoms with Gasteiger partial charge in [-0.2, -0.15) is 0 Å². The van der Waals surface area contributed by atoms with Crippen molar-refractivity contribution in [1.29, 1.82) is 0 Å². The summed E-state index contributed by atoms with van der Waals surface area (Å²) in [5.74, 6) is 5.84. The van der Waals surface area contributed by atoms with E-state index in [9.17, 15) is 9.59 Å². The van der Waals surface area contributed by atoms with Crippen LogP contribution in [0.1, 0.15) is 12.8 Å². The first kappa shape index (κ1) is 21.3. The maximum absolute atomic E-state index is 12.9. The molecule has 0 saturated carbocycles. The number of nitrogens with zero attached hydrogens (tertiary/aromatic N) is 3. The Bertz CT molecular complexity index is 817. The summed E-state index contributed by atoms with van der Waals surface area (Å²) >= 11 is 1.65. The summed E-state index contributed by atoms with van der Waals surface area (Å²) in [5, 5.41) is 3.26. The fourth-order valence-corrected chi connectivity index (χ4v) is 4.02. The van der Waals surface area contributed by atoms with Gasteiger partial charge in [-0.3, -0.25) is 4.79 Å². The fourth-order valence-electron chi connectivity index (χ4n) is 3.29. The molecule has 7 nitrogen and oxygen atoms in total. The normalized spacial score (nSPS) is 14.8. The molecule has 29 heavy (non-hydrogen) atoms. The Labute approximate surface area is 175 Å². The summed E-state index contributed by atoms with van der Waals surface area (Å²) in [6.07, 6.45) is 0.853. The summed E-state index contributed by atoms with van der Waals surface area (Å²) in [6, 6.07) is 11.7. The molecule has 2 heterocycles. The van der Waals surface area contributed by atoms with E-state index in [4.69, 9.17) is 10.6 Å². The van der Waals surface area contributed by atoms with Crippen LogP contribution in [0.15, 0.2) is 41.8 Å². The molecule has 3 rings (SSSR count). The molecular weight excluding hydrogens is 388 g/mol. The summed E-state index contributed by atoms with van der Waals surface area (Å²) in [4.78, 5) is 29.8. The Balaban J connectivity index is 1.54. The third-order valence-electron chi connectivity index (χ3n) is 5.03. The summed E-state index contributed by atoms with van der Waals surface area (Å²) in [6.45, 7) is 2.05. The van der Waals surface area contributed by atoms with E-state index in [2.05, 4.69) is 0 Å². The van der Waals surface area contributed by atoms with Gasteiger partial charge in [0, 0.05) is 30.4 Å². The van der Waals surface area contributed by atoms with Gasteiger partial charge in [0.2, 0.25) is 5.91 Å². The van der Waals surface area contributed by atoms with Crippen LogP contribution in [-0.2, 0) is 9.53 Å². The third-order valence-corrected chi connectivity index (χ3v) is 5.95. The molecule has 1 aliphatic rings. The van der Waals surface area contributed by atoms with Gasteiger partial charge in [-0.1, -0.05) is 18.2 Å². The van der Waals surface area contributed by atoms with Crippen molar-refractivity contribution in [2.24, 2.45) is 11.8 Å². The van der Waals surface area contributed by atoms with Crippen LogP contribution in [0, 0.1) is 5.92 Å². The number of benzene rings is 1. The maximum Gasteiger partial charge on any atom is 0.409 e. The average molecular weight is 417 g/mol. The minimum atomic E-state index is -0.314. The van der Waals surface area contributed by atoms with Crippen molar-refractivity contribution < 1.29 is 14.3 Å². The minimum Gasteiger partial charge on any atom is -0.448 e. The number of thiophene rings is 1. The lowest BCUT2D eigenvalue weighted by Crippen LogP contribution is -2.47. The number of anilines is 1. The Morgan fingerprint density at radius 3 is 2.62 bits per heavy atom. The first-order valence-electron chi connectivity index (χ1n) is 9.74. The van der Waals surface area contributed by atoms with Crippen molar-refractivity contribution >= 4 is 29.0 Å². The van der Waals surface area contributed by atoms with E-state index in [1.807, 2.05) is 60.8 Å². The smallest absolute Gasteiger partial charge is 0.409 e. The highest BCUT2D eigenvalue weighted by molar-refractivity contribution is 7.13. The lowest BCUT2D eigenvalue weighted by molar-refractivity contribution is -0.123. The van der Waals surface area contributed by atoms with Crippen molar-refractivity contribution in [3.63, 3.8) is 0 Å². The Kier molecular flexibility index (Phi) is 7.24. The van der Waals surface area contributed by atoms with Gasteiger partial charge in [-0.25, -0.2) is 15.6 Å². The van der Waals surface area contributed by atoms with Gasteiger partial charge in [-0.05, 0) is 56.1 Å². The number of likely N-dealkylation sites (N-methyl/N-ethyl adjacent to an activating group) is 1. The van der Waals surface area contributed by atoms with E-state index in [1.165, 1.54) is 5.01 Å². The van der Waals surface area contributed by atoms with Crippen LogP contribution in [0.4, 0.5) is 10.5 Å². The van der Waals surface area contributed by atoms with Crippen molar-refractivity contribution in [1.82, 2.24) is 9.80 Å². The van der Waals surface area contributed by atoms with Crippen molar-refractivity contribution in [3.8, 4) is 10.4 Å². The fraction of sp³-hybridized carbons (Fsp3) is 0.429. The molecule has 1 fully saturated rings. The highest BCUT2D eigenvalue weighted by atomic mass is 32.1. The molecule has 2 aromatic rings. The molecule has 2 N–H and O–H groups in total. The van der Waals surface area contributed by atoms with Gasteiger partial charge >= 0.3 is 6.09 Å². The van der Waals surface area contributed by atoms with Crippen LogP contribution in [0.3, 0.4) is 0 Å². The number of hydrogen-bond acceptors (Lipinski definition) is 6. The van der Waals surface area contributed by atoms with E-state index in [0.717, 1.165) is 10.4 Å². The van der Waals surface area contributed by atoms with Crippen LogP contribution in [0.2, 0.25) is 0 Å². The number of rotatable bonds is 6. The standard InChI is InChI=1S/C21H28N4O3S/c1-23(2)12-13-28-21(27)24-10-8-16(9-11-24)20(26)25(22)18-6-3-5-17(15-18)19-7-4-14-29-19/h3-7,14-16H,8-13,22H2,1-2H3. The number of amides is 2. The molecule has 0 spiro atoms. The first-order chi connectivity index (χ1) is 14.0. The molecule has 0 bridgehead atoms. The zero-order chi connectivity index (χ0) is 20.8. The second-order valence-electron chi connectivity index (χ2n) is 7.41. The zero-order valence-electron chi connectivity index (χ0n) is 16.9. The van der Waals surface area contributed by atoms with E-state index >= 15 is 0 Å². The van der Waals surface area contributed by atoms with Crippen molar-refractivity contribution in [2.75, 3.05) is 45.3 Å². The Hall–Kier alpha value is -2.42. The number of piperidine rings is 1. The maximum atomic E-state index is 12.9. The van der Waals surface area contributed by atoms with Gasteiger partial charge in [0.1, 0.15) is 6.61 Å². The van der Waals surface area contributed by atoms with Gasteiger partial charge in [0.05, 0.1) is 5.69 Å². The van der Waals surface area contributed by atoms with Crippen LogP contribution in [-0.4, -0.2) is 62.1 Å². The Morgan fingerprint density at radius 2 is 1.97 bits per heavy atom. The largest absolute Gasteiger partial charge is 0.448 e. The molecule has 156 valence electrons. The predicted octanol–water partition coefficient (Wildman–Crippen LogP) is 3.03. The van der Waals surface area contributed by atoms with Crippen LogP contribution < -0.4 is 10.9 Å². The molecule has 2 amide bonds. The van der Waals surface area contributed by atoms with E-state index in [0.29, 0.717) is 44.8 Å².